The highest BCUT2D eigenvalue weighted by molar-refractivity contribution is 6.30. The summed E-state index contributed by atoms with van der Waals surface area (Å²) in [5.41, 5.74) is 1.56. The van der Waals surface area contributed by atoms with Crippen molar-refractivity contribution in [3.05, 3.63) is 40.9 Å². The van der Waals surface area contributed by atoms with Crippen molar-refractivity contribution in [2.45, 2.75) is 19.8 Å². The lowest BCUT2D eigenvalue weighted by atomic mass is 10.1. The Balaban J connectivity index is 2.31. The van der Waals surface area contributed by atoms with Crippen LogP contribution in [0.15, 0.2) is 28.7 Å². The molecule has 1 N–H and O–H groups in total. The predicted molar refractivity (Wildman–Crippen MR) is 67.6 cm³/mol. The van der Waals surface area contributed by atoms with Gasteiger partial charge in [0.1, 0.15) is 11.5 Å². The van der Waals surface area contributed by atoms with Gasteiger partial charge >= 0.3 is 5.97 Å². The standard InChI is InChI=1S/C13H12ClNO3/c1-8-15-13(9-2-4-10(14)5-3-9)11(18-8)6-7-12(16)17/h2-5H,6-7H2,1H3,(H,16,17). The molecule has 0 aliphatic rings. The van der Waals surface area contributed by atoms with Crippen molar-refractivity contribution < 1.29 is 14.3 Å². The summed E-state index contributed by atoms with van der Waals surface area (Å²) in [4.78, 5) is 14.9. The number of aromatic nitrogens is 1. The minimum absolute atomic E-state index is 0.0230. The van der Waals surface area contributed by atoms with Gasteiger partial charge in [0.05, 0.1) is 6.42 Å². The third kappa shape index (κ3) is 2.90. The van der Waals surface area contributed by atoms with E-state index in [1.807, 2.05) is 12.1 Å². The molecule has 4 nitrogen and oxygen atoms in total. The van der Waals surface area contributed by atoms with Crippen LogP contribution in [-0.2, 0) is 11.2 Å². The van der Waals surface area contributed by atoms with Gasteiger partial charge in [-0.25, -0.2) is 4.98 Å². The molecule has 0 spiro atoms. The third-order valence-corrected chi connectivity index (χ3v) is 2.74. The Labute approximate surface area is 109 Å². The van der Waals surface area contributed by atoms with E-state index in [0.717, 1.165) is 5.56 Å². The maximum absolute atomic E-state index is 10.6. The first-order chi connectivity index (χ1) is 8.56. The summed E-state index contributed by atoms with van der Waals surface area (Å²) in [6.07, 6.45) is 0.351. The third-order valence-electron chi connectivity index (χ3n) is 2.49. The molecular formula is C13H12ClNO3. The molecule has 1 aromatic heterocycles. The number of hydrogen-bond acceptors (Lipinski definition) is 3. The Morgan fingerprint density at radius 1 is 1.39 bits per heavy atom. The zero-order chi connectivity index (χ0) is 13.1. The number of carboxylic acids is 1. The number of hydrogen-bond donors (Lipinski definition) is 1. The van der Waals surface area contributed by atoms with Crippen molar-refractivity contribution in [2.75, 3.05) is 0 Å². The molecule has 0 aliphatic carbocycles. The van der Waals surface area contributed by atoms with E-state index in [0.29, 0.717) is 28.8 Å². The van der Waals surface area contributed by atoms with Crippen molar-refractivity contribution in [3.8, 4) is 11.3 Å². The molecule has 1 aromatic carbocycles. The fourth-order valence-corrected chi connectivity index (χ4v) is 1.82. The molecule has 0 aliphatic heterocycles. The number of nitrogens with zero attached hydrogens (tertiary/aromatic N) is 1. The van der Waals surface area contributed by atoms with Crippen LogP contribution in [0.2, 0.25) is 5.02 Å². The number of oxazole rings is 1. The van der Waals surface area contributed by atoms with Gasteiger partial charge in [0.2, 0.25) is 0 Å². The topological polar surface area (TPSA) is 63.3 Å². The van der Waals surface area contributed by atoms with E-state index in [1.165, 1.54) is 0 Å². The summed E-state index contributed by atoms with van der Waals surface area (Å²) < 4.78 is 5.44. The second-order valence-electron chi connectivity index (χ2n) is 3.91. The Morgan fingerprint density at radius 3 is 2.67 bits per heavy atom. The number of halogens is 1. The number of aliphatic carboxylic acids is 1. The smallest absolute Gasteiger partial charge is 0.303 e. The van der Waals surface area contributed by atoms with Gasteiger partial charge in [-0.05, 0) is 12.1 Å². The number of rotatable bonds is 4. The van der Waals surface area contributed by atoms with E-state index in [9.17, 15) is 4.79 Å². The van der Waals surface area contributed by atoms with E-state index in [-0.39, 0.29) is 6.42 Å². The van der Waals surface area contributed by atoms with Gasteiger partial charge in [0, 0.05) is 23.9 Å². The monoisotopic (exact) mass is 265 g/mol. The lowest BCUT2D eigenvalue weighted by molar-refractivity contribution is -0.137. The fraction of sp³-hybridized carbons (Fsp3) is 0.231. The van der Waals surface area contributed by atoms with Crippen LogP contribution in [0.5, 0.6) is 0 Å². The van der Waals surface area contributed by atoms with E-state index < -0.39 is 5.97 Å². The highest BCUT2D eigenvalue weighted by Gasteiger charge is 2.14. The van der Waals surface area contributed by atoms with Gasteiger partial charge in [-0.2, -0.15) is 0 Å². The van der Waals surface area contributed by atoms with Gasteiger partial charge in [-0.15, -0.1) is 0 Å². The molecule has 2 aromatic rings. The van der Waals surface area contributed by atoms with Crippen LogP contribution in [0.25, 0.3) is 11.3 Å². The van der Waals surface area contributed by atoms with Crippen molar-refractivity contribution in [3.63, 3.8) is 0 Å². The van der Waals surface area contributed by atoms with Crippen LogP contribution >= 0.6 is 11.6 Å². The second kappa shape index (κ2) is 5.23. The lowest BCUT2D eigenvalue weighted by Crippen LogP contribution is -1.97. The highest BCUT2D eigenvalue weighted by Crippen LogP contribution is 2.26. The summed E-state index contributed by atoms with van der Waals surface area (Å²) in [6.45, 7) is 1.74. The molecular weight excluding hydrogens is 254 g/mol. The summed E-state index contributed by atoms with van der Waals surface area (Å²) in [5, 5.41) is 9.34. The molecule has 5 heteroatoms. The number of carboxylic acid groups (broad SMARTS) is 1. The maximum atomic E-state index is 10.6. The van der Waals surface area contributed by atoms with Crippen LogP contribution in [0.1, 0.15) is 18.1 Å². The summed E-state index contributed by atoms with van der Waals surface area (Å²) >= 11 is 5.83. The van der Waals surface area contributed by atoms with E-state index in [1.54, 1.807) is 19.1 Å². The first kappa shape index (κ1) is 12.6. The van der Waals surface area contributed by atoms with E-state index >= 15 is 0 Å². The first-order valence-corrected chi connectivity index (χ1v) is 5.88. The summed E-state index contributed by atoms with van der Waals surface area (Å²) in [6, 6.07) is 7.21. The molecule has 0 unspecified atom stereocenters. The zero-order valence-corrected chi connectivity index (χ0v) is 10.6. The average Bonchev–Trinajstić information content (AvgIpc) is 2.69. The Kier molecular flexibility index (Phi) is 3.67. The molecule has 94 valence electrons. The summed E-state index contributed by atoms with van der Waals surface area (Å²) in [7, 11) is 0. The van der Waals surface area contributed by atoms with Crippen LogP contribution in [0, 0.1) is 6.92 Å². The van der Waals surface area contributed by atoms with Crippen LogP contribution in [0.4, 0.5) is 0 Å². The van der Waals surface area contributed by atoms with Crippen LogP contribution < -0.4 is 0 Å². The molecule has 2 rings (SSSR count). The minimum atomic E-state index is -0.855. The van der Waals surface area contributed by atoms with Gasteiger partial charge in [0.25, 0.3) is 0 Å². The average molecular weight is 266 g/mol. The number of carbonyl (C=O) groups is 1. The molecule has 18 heavy (non-hydrogen) atoms. The van der Waals surface area contributed by atoms with Crippen LogP contribution in [-0.4, -0.2) is 16.1 Å². The summed E-state index contributed by atoms with van der Waals surface area (Å²) in [5.74, 6) is 0.267. The molecule has 0 saturated heterocycles. The van der Waals surface area contributed by atoms with Gasteiger partial charge in [0.15, 0.2) is 5.89 Å². The van der Waals surface area contributed by atoms with Gasteiger partial charge < -0.3 is 9.52 Å². The van der Waals surface area contributed by atoms with E-state index in [2.05, 4.69) is 4.98 Å². The fourth-order valence-electron chi connectivity index (χ4n) is 1.69. The largest absolute Gasteiger partial charge is 0.481 e. The molecule has 1 heterocycles. The molecule has 0 radical (unpaired) electrons. The normalized spacial score (nSPS) is 10.6. The van der Waals surface area contributed by atoms with E-state index in [4.69, 9.17) is 21.1 Å². The Morgan fingerprint density at radius 2 is 2.06 bits per heavy atom. The van der Waals surface area contributed by atoms with Crippen molar-refractivity contribution in [2.24, 2.45) is 0 Å². The maximum Gasteiger partial charge on any atom is 0.303 e. The SMILES string of the molecule is Cc1nc(-c2ccc(Cl)cc2)c(CCC(=O)O)o1. The predicted octanol–water partition coefficient (Wildman–Crippen LogP) is 3.32. The second-order valence-corrected chi connectivity index (χ2v) is 4.34. The van der Waals surface area contributed by atoms with Crippen molar-refractivity contribution in [1.29, 1.82) is 0 Å². The molecule has 0 bridgehead atoms. The van der Waals surface area contributed by atoms with Crippen molar-refractivity contribution in [1.82, 2.24) is 4.98 Å². The number of aryl methyl sites for hydroxylation is 2. The Bertz CT molecular complexity index is 560. The highest BCUT2D eigenvalue weighted by atomic mass is 35.5. The molecule has 0 fully saturated rings. The quantitative estimate of drug-likeness (QED) is 0.921. The molecule has 0 atom stereocenters. The minimum Gasteiger partial charge on any atom is -0.481 e. The Hall–Kier alpha value is -1.81. The first-order valence-electron chi connectivity index (χ1n) is 5.50. The number of benzene rings is 1. The van der Waals surface area contributed by atoms with Gasteiger partial charge in [-0.1, -0.05) is 23.7 Å². The lowest BCUT2D eigenvalue weighted by Gasteiger charge is -2.00. The zero-order valence-electron chi connectivity index (χ0n) is 9.81. The molecule has 0 amide bonds. The van der Waals surface area contributed by atoms with Gasteiger partial charge in [-0.3, -0.25) is 4.79 Å². The molecule has 0 saturated carbocycles. The van der Waals surface area contributed by atoms with Crippen LogP contribution in [0.3, 0.4) is 0 Å². The van der Waals surface area contributed by atoms with Crippen molar-refractivity contribution >= 4 is 17.6 Å².